The molecule has 142 valence electrons. The molecular weight excluding hydrogens is 377 g/mol. The van der Waals surface area contributed by atoms with Crippen molar-refractivity contribution < 1.29 is 18.0 Å². The molecule has 0 bridgehead atoms. The molecule has 0 radical (unpaired) electrons. The predicted molar refractivity (Wildman–Crippen MR) is 99.8 cm³/mol. The number of nitrogens with two attached hydrogens (primary N) is 1. The number of halogens is 3. The summed E-state index contributed by atoms with van der Waals surface area (Å²) < 4.78 is 39.4. The molecule has 1 amide bonds. The molecule has 2 heterocycles. The third kappa shape index (κ3) is 4.25. The number of rotatable bonds is 4. The highest BCUT2D eigenvalue weighted by atomic mass is 32.1. The molecule has 0 spiro atoms. The standard InChI is InChI=1S/C18H17F3N4OS/c1-10-13(5-6-23-16(10)18(19,20)21)11-3-2-4-12(7-11)14-9-27-17(24-14)25-15(26)8-22/h2-7,9-10,13H,8,22H2,1H3,(H,24,25,26). The van der Waals surface area contributed by atoms with Crippen molar-refractivity contribution in [1.82, 2.24) is 4.98 Å². The van der Waals surface area contributed by atoms with Gasteiger partial charge in [0, 0.05) is 29.0 Å². The zero-order chi connectivity index (χ0) is 19.6. The Morgan fingerprint density at radius 3 is 2.85 bits per heavy atom. The monoisotopic (exact) mass is 394 g/mol. The minimum absolute atomic E-state index is 0.139. The Morgan fingerprint density at radius 1 is 1.37 bits per heavy atom. The van der Waals surface area contributed by atoms with Crippen LogP contribution < -0.4 is 11.1 Å². The number of amides is 1. The number of carbonyl (C=O) groups is 1. The topological polar surface area (TPSA) is 80.4 Å². The van der Waals surface area contributed by atoms with Crippen LogP contribution in [0.15, 0.2) is 46.9 Å². The fraction of sp³-hybridized carbons (Fsp3) is 0.278. The Kier molecular flexibility index (Phi) is 5.43. The summed E-state index contributed by atoms with van der Waals surface area (Å²) in [5, 5.41) is 4.77. The second kappa shape index (κ2) is 7.61. The molecule has 9 heteroatoms. The number of hydrogen-bond acceptors (Lipinski definition) is 5. The highest BCUT2D eigenvalue weighted by Gasteiger charge is 2.42. The first-order valence-corrected chi connectivity index (χ1v) is 9.05. The first kappa shape index (κ1) is 19.2. The Morgan fingerprint density at radius 2 is 2.15 bits per heavy atom. The number of anilines is 1. The van der Waals surface area contributed by atoms with Gasteiger partial charge in [0.1, 0.15) is 5.71 Å². The number of nitrogens with one attached hydrogen (secondary N) is 1. The summed E-state index contributed by atoms with van der Waals surface area (Å²) in [5.41, 5.74) is 6.62. The first-order valence-electron chi connectivity index (χ1n) is 8.17. The van der Waals surface area contributed by atoms with Crippen LogP contribution in [0.4, 0.5) is 18.3 Å². The van der Waals surface area contributed by atoms with Crippen LogP contribution in [-0.4, -0.2) is 29.3 Å². The lowest BCUT2D eigenvalue weighted by atomic mass is 9.82. The SMILES string of the molecule is CC1C(C(F)(F)F)=NC=CC1c1cccc(-c2csc(NC(=O)CN)n2)c1. The average Bonchev–Trinajstić information content (AvgIpc) is 3.09. The Balaban J connectivity index is 1.85. The van der Waals surface area contributed by atoms with Crippen LogP contribution in [0.3, 0.4) is 0 Å². The molecule has 0 saturated carbocycles. The fourth-order valence-corrected chi connectivity index (χ4v) is 3.68. The summed E-state index contributed by atoms with van der Waals surface area (Å²) >= 11 is 1.25. The van der Waals surface area contributed by atoms with Crippen molar-refractivity contribution >= 4 is 28.1 Å². The van der Waals surface area contributed by atoms with Gasteiger partial charge in [-0.15, -0.1) is 11.3 Å². The van der Waals surface area contributed by atoms with E-state index in [1.807, 2.05) is 12.1 Å². The molecule has 1 aliphatic rings. The van der Waals surface area contributed by atoms with Gasteiger partial charge in [0.2, 0.25) is 5.91 Å². The summed E-state index contributed by atoms with van der Waals surface area (Å²) in [4.78, 5) is 19.2. The van der Waals surface area contributed by atoms with Crippen LogP contribution in [0.25, 0.3) is 11.3 Å². The van der Waals surface area contributed by atoms with Gasteiger partial charge in [-0.05, 0) is 11.6 Å². The quantitative estimate of drug-likeness (QED) is 0.824. The van der Waals surface area contributed by atoms with Gasteiger partial charge in [-0.2, -0.15) is 13.2 Å². The fourth-order valence-electron chi connectivity index (χ4n) is 2.94. The molecule has 1 aromatic carbocycles. The smallest absolute Gasteiger partial charge is 0.322 e. The number of benzene rings is 1. The second-order valence-electron chi connectivity index (χ2n) is 6.08. The summed E-state index contributed by atoms with van der Waals surface area (Å²) in [6.07, 6.45) is -1.57. The number of hydrogen-bond donors (Lipinski definition) is 2. The van der Waals surface area contributed by atoms with E-state index in [9.17, 15) is 18.0 Å². The summed E-state index contributed by atoms with van der Waals surface area (Å²) in [5.74, 6) is -1.57. The molecule has 0 aliphatic carbocycles. The molecule has 2 unspecified atom stereocenters. The lowest BCUT2D eigenvalue weighted by molar-refractivity contribution is -0.114. The maximum Gasteiger partial charge on any atom is 0.429 e. The number of aliphatic imine (C=N–C) groups is 1. The Bertz CT molecular complexity index is 904. The van der Waals surface area contributed by atoms with Crippen LogP contribution in [0.1, 0.15) is 18.4 Å². The second-order valence-corrected chi connectivity index (χ2v) is 6.94. The Labute approximate surface area is 157 Å². The molecule has 2 atom stereocenters. The van der Waals surface area contributed by atoms with E-state index >= 15 is 0 Å². The summed E-state index contributed by atoms with van der Waals surface area (Å²) in [6, 6.07) is 7.21. The van der Waals surface area contributed by atoms with Gasteiger partial charge in [-0.25, -0.2) is 4.98 Å². The van der Waals surface area contributed by atoms with E-state index in [4.69, 9.17) is 5.73 Å². The van der Waals surface area contributed by atoms with Crippen molar-refractivity contribution in [2.24, 2.45) is 16.6 Å². The van der Waals surface area contributed by atoms with Crippen molar-refractivity contribution in [1.29, 1.82) is 0 Å². The molecule has 1 aliphatic heterocycles. The van der Waals surface area contributed by atoms with E-state index in [2.05, 4.69) is 15.3 Å². The van der Waals surface area contributed by atoms with Gasteiger partial charge >= 0.3 is 6.18 Å². The van der Waals surface area contributed by atoms with E-state index in [1.165, 1.54) is 24.5 Å². The van der Waals surface area contributed by atoms with Gasteiger partial charge in [0.15, 0.2) is 5.13 Å². The summed E-state index contributed by atoms with van der Waals surface area (Å²) in [6.45, 7) is 1.38. The van der Waals surface area contributed by atoms with Crippen molar-refractivity contribution in [3.05, 3.63) is 47.5 Å². The van der Waals surface area contributed by atoms with Crippen molar-refractivity contribution in [3.63, 3.8) is 0 Å². The highest BCUT2D eigenvalue weighted by Crippen LogP contribution is 2.37. The molecule has 0 saturated heterocycles. The third-order valence-corrected chi connectivity index (χ3v) is 5.03. The maximum atomic E-state index is 13.1. The number of alkyl halides is 3. The van der Waals surface area contributed by atoms with Crippen LogP contribution in [-0.2, 0) is 4.79 Å². The molecule has 3 N–H and O–H groups in total. The number of aromatic nitrogens is 1. The zero-order valence-corrected chi connectivity index (χ0v) is 15.1. The minimum Gasteiger partial charge on any atom is -0.322 e. The van der Waals surface area contributed by atoms with E-state index in [1.54, 1.807) is 23.6 Å². The minimum atomic E-state index is -4.45. The molecule has 0 fully saturated rings. The van der Waals surface area contributed by atoms with Gasteiger partial charge in [-0.3, -0.25) is 9.79 Å². The molecule has 1 aromatic heterocycles. The normalized spacial score (nSPS) is 19.7. The van der Waals surface area contributed by atoms with E-state index in [0.29, 0.717) is 10.8 Å². The molecular formula is C18H17F3N4OS. The van der Waals surface area contributed by atoms with E-state index in [0.717, 1.165) is 11.1 Å². The van der Waals surface area contributed by atoms with E-state index < -0.39 is 23.7 Å². The van der Waals surface area contributed by atoms with Gasteiger partial charge in [-0.1, -0.05) is 31.2 Å². The molecule has 27 heavy (non-hydrogen) atoms. The first-order chi connectivity index (χ1) is 12.8. The van der Waals surface area contributed by atoms with Crippen molar-refractivity contribution in [2.75, 3.05) is 11.9 Å². The predicted octanol–water partition coefficient (Wildman–Crippen LogP) is 3.96. The molecule has 5 nitrogen and oxygen atoms in total. The maximum absolute atomic E-state index is 13.1. The van der Waals surface area contributed by atoms with Gasteiger partial charge in [0.05, 0.1) is 12.2 Å². The van der Waals surface area contributed by atoms with Gasteiger partial charge in [0.25, 0.3) is 0 Å². The average molecular weight is 394 g/mol. The molecule has 3 rings (SSSR count). The lowest BCUT2D eigenvalue weighted by Crippen LogP contribution is -2.33. The largest absolute Gasteiger partial charge is 0.429 e. The van der Waals surface area contributed by atoms with Gasteiger partial charge < -0.3 is 11.1 Å². The number of thiazole rings is 1. The number of allylic oxidation sites excluding steroid dienone is 1. The van der Waals surface area contributed by atoms with Crippen molar-refractivity contribution in [3.8, 4) is 11.3 Å². The number of nitrogens with zero attached hydrogens (tertiary/aromatic N) is 2. The third-order valence-electron chi connectivity index (χ3n) is 4.27. The Hall–Kier alpha value is -2.52. The summed E-state index contributed by atoms with van der Waals surface area (Å²) in [7, 11) is 0. The lowest BCUT2D eigenvalue weighted by Gasteiger charge is -2.27. The van der Waals surface area contributed by atoms with Crippen LogP contribution in [0.5, 0.6) is 0 Å². The highest BCUT2D eigenvalue weighted by molar-refractivity contribution is 7.14. The van der Waals surface area contributed by atoms with Crippen LogP contribution in [0, 0.1) is 5.92 Å². The molecule has 2 aromatic rings. The van der Waals surface area contributed by atoms with Crippen LogP contribution in [0.2, 0.25) is 0 Å². The van der Waals surface area contributed by atoms with Crippen LogP contribution >= 0.6 is 11.3 Å². The van der Waals surface area contributed by atoms with Crippen molar-refractivity contribution in [2.45, 2.75) is 19.0 Å². The number of carbonyl (C=O) groups excluding carboxylic acids is 1. The van der Waals surface area contributed by atoms with E-state index in [-0.39, 0.29) is 12.5 Å². The zero-order valence-electron chi connectivity index (χ0n) is 14.3.